The van der Waals surface area contributed by atoms with Crippen LogP contribution in [0.2, 0.25) is 0 Å². The van der Waals surface area contributed by atoms with Gasteiger partial charge < -0.3 is 0 Å². The first kappa shape index (κ1) is 13.8. The fourth-order valence-electron chi connectivity index (χ4n) is 1.38. The Hall–Kier alpha value is -1.66. The molecule has 0 atom stereocenters. The quantitative estimate of drug-likeness (QED) is 0.688. The third-order valence-electron chi connectivity index (χ3n) is 2.31. The standard InChI is InChI=1S/C13H11BrN2O2S/c14-12-6-8-13(9-7-12)19(17,18)16-15-10-11-4-2-1-3-5-11/h1-10,16H. The number of hydrogen-bond donors (Lipinski definition) is 1. The van der Waals surface area contributed by atoms with E-state index in [9.17, 15) is 8.42 Å². The molecule has 0 fully saturated rings. The normalized spacial score (nSPS) is 11.6. The van der Waals surface area contributed by atoms with Gasteiger partial charge in [-0.15, -0.1) is 0 Å². The van der Waals surface area contributed by atoms with Crippen LogP contribution >= 0.6 is 15.9 Å². The van der Waals surface area contributed by atoms with E-state index in [2.05, 4.69) is 25.9 Å². The fraction of sp³-hybridized carbons (Fsp3) is 0. The molecule has 0 aliphatic carbocycles. The molecule has 98 valence electrons. The molecule has 0 amide bonds. The van der Waals surface area contributed by atoms with E-state index in [1.54, 1.807) is 12.1 Å². The number of rotatable bonds is 4. The van der Waals surface area contributed by atoms with Crippen LogP contribution in [0.1, 0.15) is 5.56 Å². The van der Waals surface area contributed by atoms with Gasteiger partial charge in [0.2, 0.25) is 0 Å². The molecule has 0 saturated carbocycles. The van der Waals surface area contributed by atoms with Gasteiger partial charge in [0.15, 0.2) is 0 Å². The molecular weight excluding hydrogens is 328 g/mol. The van der Waals surface area contributed by atoms with Crippen LogP contribution in [0, 0.1) is 0 Å². The van der Waals surface area contributed by atoms with Crippen LogP contribution in [0.3, 0.4) is 0 Å². The van der Waals surface area contributed by atoms with Crippen molar-refractivity contribution in [3.63, 3.8) is 0 Å². The molecule has 0 aliphatic heterocycles. The molecular formula is C13H11BrN2O2S. The van der Waals surface area contributed by atoms with Crippen LogP contribution in [0.4, 0.5) is 0 Å². The van der Waals surface area contributed by atoms with Crippen LogP contribution in [0.15, 0.2) is 69.1 Å². The molecule has 2 aromatic carbocycles. The van der Waals surface area contributed by atoms with Gasteiger partial charge in [0.25, 0.3) is 10.0 Å². The lowest BCUT2D eigenvalue weighted by molar-refractivity contribution is 0.584. The maximum Gasteiger partial charge on any atom is 0.276 e. The molecule has 0 aliphatic rings. The molecule has 0 bridgehead atoms. The Morgan fingerprint density at radius 3 is 2.26 bits per heavy atom. The summed E-state index contributed by atoms with van der Waals surface area (Å²) in [6, 6.07) is 15.6. The molecule has 0 heterocycles. The second-order valence-corrected chi connectivity index (χ2v) is 6.29. The van der Waals surface area contributed by atoms with Gasteiger partial charge in [0, 0.05) is 4.47 Å². The Labute approximate surface area is 120 Å². The molecule has 0 aromatic heterocycles. The van der Waals surface area contributed by atoms with Gasteiger partial charge in [-0.25, -0.2) is 4.83 Å². The van der Waals surface area contributed by atoms with Gasteiger partial charge in [-0.2, -0.15) is 13.5 Å². The first-order valence-corrected chi connectivity index (χ1v) is 7.71. The van der Waals surface area contributed by atoms with Crippen molar-refractivity contribution < 1.29 is 8.42 Å². The number of nitrogens with one attached hydrogen (secondary N) is 1. The Morgan fingerprint density at radius 1 is 1.00 bits per heavy atom. The SMILES string of the molecule is O=S(=O)(NN=Cc1ccccc1)c1ccc(Br)cc1. The molecule has 6 heteroatoms. The van der Waals surface area contributed by atoms with Gasteiger partial charge in [0.1, 0.15) is 0 Å². The second kappa shape index (κ2) is 5.99. The van der Waals surface area contributed by atoms with Crippen LogP contribution < -0.4 is 4.83 Å². The van der Waals surface area contributed by atoms with E-state index in [0.717, 1.165) is 10.0 Å². The van der Waals surface area contributed by atoms with E-state index in [1.165, 1.54) is 18.3 Å². The summed E-state index contributed by atoms with van der Waals surface area (Å²) in [4.78, 5) is 2.34. The van der Waals surface area contributed by atoms with Gasteiger partial charge in [-0.05, 0) is 29.8 Å². The van der Waals surface area contributed by atoms with Crippen molar-refractivity contribution in [3.05, 3.63) is 64.6 Å². The van der Waals surface area contributed by atoms with Gasteiger partial charge in [0.05, 0.1) is 11.1 Å². The van der Waals surface area contributed by atoms with Crippen LogP contribution in [-0.4, -0.2) is 14.6 Å². The van der Waals surface area contributed by atoms with Crippen molar-refractivity contribution in [3.8, 4) is 0 Å². The minimum Gasteiger partial charge on any atom is -0.200 e. The summed E-state index contributed by atoms with van der Waals surface area (Å²) in [5.41, 5.74) is 0.820. The predicted molar refractivity (Wildman–Crippen MR) is 78.5 cm³/mol. The van der Waals surface area contributed by atoms with E-state index >= 15 is 0 Å². The Bertz CT molecular complexity index is 668. The van der Waals surface area contributed by atoms with Crippen LogP contribution in [0.5, 0.6) is 0 Å². The lowest BCUT2D eigenvalue weighted by atomic mass is 10.2. The Kier molecular flexibility index (Phi) is 4.34. The van der Waals surface area contributed by atoms with Crippen LogP contribution in [0.25, 0.3) is 0 Å². The summed E-state index contributed by atoms with van der Waals surface area (Å²) in [5.74, 6) is 0. The highest BCUT2D eigenvalue weighted by Crippen LogP contribution is 2.14. The summed E-state index contributed by atoms with van der Waals surface area (Å²) in [5, 5.41) is 3.74. The largest absolute Gasteiger partial charge is 0.276 e. The highest BCUT2D eigenvalue weighted by molar-refractivity contribution is 9.10. The average Bonchev–Trinajstić information content (AvgIpc) is 2.40. The molecule has 2 rings (SSSR count). The van der Waals surface area contributed by atoms with E-state index in [4.69, 9.17) is 0 Å². The molecule has 19 heavy (non-hydrogen) atoms. The first-order chi connectivity index (χ1) is 9.08. The molecule has 0 saturated heterocycles. The molecule has 2 aromatic rings. The molecule has 0 spiro atoms. The van der Waals surface area contributed by atoms with Gasteiger partial charge in [-0.1, -0.05) is 46.3 Å². The molecule has 0 radical (unpaired) electrons. The van der Waals surface area contributed by atoms with Gasteiger partial charge >= 0.3 is 0 Å². The lowest BCUT2D eigenvalue weighted by Gasteiger charge is -2.02. The number of hydrogen-bond acceptors (Lipinski definition) is 3. The zero-order valence-corrected chi connectivity index (χ0v) is 12.2. The van der Waals surface area contributed by atoms with Crippen molar-refractivity contribution in [2.45, 2.75) is 4.90 Å². The lowest BCUT2D eigenvalue weighted by Crippen LogP contribution is -2.18. The van der Waals surface area contributed by atoms with E-state index in [0.29, 0.717) is 0 Å². The highest BCUT2D eigenvalue weighted by Gasteiger charge is 2.11. The minimum absolute atomic E-state index is 0.168. The third kappa shape index (κ3) is 3.90. The topological polar surface area (TPSA) is 58.5 Å². The zero-order chi connectivity index (χ0) is 13.7. The number of benzene rings is 2. The fourth-order valence-corrected chi connectivity index (χ4v) is 2.43. The van der Waals surface area contributed by atoms with E-state index < -0.39 is 10.0 Å². The summed E-state index contributed by atoms with van der Waals surface area (Å²) >= 11 is 3.25. The molecule has 1 N–H and O–H groups in total. The van der Waals surface area contributed by atoms with Crippen molar-refractivity contribution >= 4 is 32.2 Å². The average molecular weight is 339 g/mol. The van der Waals surface area contributed by atoms with Gasteiger partial charge in [-0.3, -0.25) is 0 Å². The monoisotopic (exact) mass is 338 g/mol. The number of halogens is 1. The number of nitrogens with zero attached hydrogens (tertiary/aromatic N) is 1. The summed E-state index contributed by atoms with van der Waals surface area (Å²) < 4.78 is 24.6. The minimum atomic E-state index is -3.62. The van der Waals surface area contributed by atoms with Crippen molar-refractivity contribution in [1.82, 2.24) is 4.83 Å². The summed E-state index contributed by atoms with van der Waals surface area (Å²) in [7, 11) is -3.62. The Morgan fingerprint density at radius 2 is 1.63 bits per heavy atom. The van der Waals surface area contributed by atoms with E-state index in [-0.39, 0.29) is 4.90 Å². The number of sulfonamides is 1. The molecule has 4 nitrogen and oxygen atoms in total. The van der Waals surface area contributed by atoms with Crippen LogP contribution in [-0.2, 0) is 10.0 Å². The Balaban J connectivity index is 2.10. The second-order valence-electron chi connectivity index (χ2n) is 3.72. The third-order valence-corrected chi connectivity index (χ3v) is 4.08. The first-order valence-electron chi connectivity index (χ1n) is 5.43. The maximum absolute atomic E-state index is 11.9. The van der Waals surface area contributed by atoms with Crippen molar-refractivity contribution in [1.29, 1.82) is 0 Å². The number of hydrazone groups is 1. The summed E-state index contributed by atoms with van der Waals surface area (Å²) in [6.07, 6.45) is 1.45. The van der Waals surface area contributed by atoms with Crippen molar-refractivity contribution in [2.24, 2.45) is 5.10 Å². The maximum atomic E-state index is 11.9. The van der Waals surface area contributed by atoms with Crippen molar-refractivity contribution in [2.75, 3.05) is 0 Å². The summed E-state index contributed by atoms with van der Waals surface area (Å²) in [6.45, 7) is 0. The van der Waals surface area contributed by atoms with E-state index in [1.807, 2.05) is 30.3 Å². The predicted octanol–water partition coefficient (Wildman–Crippen LogP) is 2.76. The highest BCUT2D eigenvalue weighted by atomic mass is 79.9. The molecule has 0 unspecified atom stereocenters. The smallest absolute Gasteiger partial charge is 0.200 e. The zero-order valence-electron chi connectivity index (χ0n) is 9.82.